The minimum absolute atomic E-state index is 0.108. The molecule has 8 nitrogen and oxygen atoms in total. The molecule has 6 rings (SSSR count). The molecule has 6 atom stereocenters. The highest BCUT2D eigenvalue weighted by Gasteiger charge is 2.74. The molecule has 0 radical (unpaired) electrons. The van der Waals surface area contributed by atoms with Gasteiger partial charge in [0.15, 0.2) is 0 Å². The van der Waals surface area contributed by atoms with Crippen LogP contribution in [0.5, 0.6) is 5.75 Å². The summed E-state index contributed by atoms with van der Waals surface area (Å²) in [5.74, 6) is -1.56. The third kappa shape index (κ3) is 4.83. The molecule has 3 aromatic carbocycles. The van der Waals surface area contributed by atoms with E-state index in [4.69, 9.17) is 16.3 Å². The molecule has 2 unspecified atom stereocenters. The van der Waals surface area contributed by atoms with Gasteiger partial charge in [-0.15, -0.1) is 11.8 Å². The second-order valence-electron chi connectivity index (χ2n) is 10.8. The number of nitrogens with one attached hydrogen (secondary N) is 2. The van der Waals surface area contributed by atoms with Crippen LogP contribution in [0.15, 0.2) is 78.9 Å². The van der Waals surface area contributed by atoms with Crippen LogP contribution in [-0.2, 0) is 14.4 Å². The van der Waals surface area contributed by atoms with E-state index in [1.54, 1.807) is 60.3 Å². The lowest BCUT2D eigenvalue weighted by Crippen LogP contribution is -2.52. The number of anilines is 2. The van der Waals surface area contributed by atoms with Crippen LogP contribution in [-0.4, -0.2) is 57.0 Å². The molecule has 3 aromatic rings. The minimum atomic E-state index is -0.915. The summed E-state index contributed by atoms with van der Waals surface area (Å²) in [5.41, 5.74) is 1.77. The Morgan fingerprint density at radius 2 is 1.76 bits per heavy atom. The van der Waals surface area contributed by atoms with E-state index in [9.17, 15) is 19.5 Å². The van der Waals surface area contributed by atoms with Crippen molar-refractivity contribution in [3.05, 3.63) is 89.4 Å². The summed E-state index contributed by atoms with van der Waals surface area (Å²) in [5, 5.41) is 16.8. The molecule has 1 spiro atoms. The van der Waals surface area contributed by atoms with Crippen molar-refractivity contribution in [3.8, 4) is 5.75 Å². The molecule has 10 heteroatoms. The van der Waals surface area contributed by atoms with Crippen LogP contribution < -0.4 is 15.4 Å². The average molecular weight is 606 g/mol. The fraction of sp³-hybridized carbons (Fsp3) is 0.344. The molecular weight excluding hydrogens is 574 g/mol. The Bertz CT molecular complexity index is 1490. The number of likely N-dealkylation sites (tertiary alicyclic amines) is 1. The summed E-state index contributed by atoms with van der Waals surface area (Å²) in [6.07, 6.45) is 1.31. The maximum absolute atomic E-state index is 14.5. The number of halogens is 1. The van der Waals surface area contributed by atoms with Crippen molar-refractivity contribution in [3.63, 3.8) is 0 Å². The van der Waals surface area contributed by atoms with E-state index in [2.05, 4.69) is 10.6 Å². The topological polar surface area (TPSA) is 108 Å². The van der Waals surface area contributed by atoms with Crippen LogP contribution in [0.25, 0.3) is 0 Å². The van der Waals surface area contributed by atoms with Crippen molar-refractivity contribution in [2.75, 3.05) is 23.8 Å². The van der Waals surface area contributed by atoms with Crippen molar-refractivity contribution in [1.29, 1.82) is 0 Å². The molecule has 218 valence electrons. The summed E-state index contributed by atoms with van der Waals surface area (Å²) in [7, 11) is 0. The molecule has 3 aliphatic rings. The Morgan fingerprint density at radius 3 is 2.45 bits per heavy atom. The van der Waals surface area contributed by atoms with Crippen LogP contribution in [0.2, 0.25) is 5.02 Å². The number of aliphatic hydroxyl groups is 1. The average Bonchev–Trinajstić information content (AvgIpc) is 3.64. The number of thioether (sulfide) groups is 1. The van der Waals surface area contributed by atoms with Gasteiger partial charge in [0.25, 0.3) is 0 Å². The van der Waals surface area contributed by atoms with Gasteiger partial charge in [-0.1, -0.05) is 54.1 Å². The molecule has 42 heavy (non-hydrogen) atoms. The Hall–Kier alpha value is -3.53. The number of benzene rings is 3. The van der Waals surface area contributed by atoms with Crippen LogP contribution in [0.3, 0.4) is 0 Å². The number of ether oxygens (including phenoxy) is 1. The van der Waals surface area contributed by atoms with E-state index in [-0.39, 0.29) is 29.6 Å². The van der Waals surface area contributed by atoms with E-state index in [1.807, 2.05) is 37.3 Å². The van der Waals surface area contributed by atoms with Gasteiger partial charge in [-0.2, -0.15) is 0 Å². The molecule has 3 saturated heterocycles. The summed E-state index contributed by atoms with van der Waals surface area (Å²) in [6.45, 7) is 2.07. The highest BCUT2D eigenvalue weighted by atomic mass is 35.5. The summed E-state index contributed by atoms with van der Waals surface area (Å²) < 4.78 is 4.69. The zero-order valence-corrected chi connectivity index (χ0v) is 24.6. The number of carbonyl (C=O) groups excluding carboxylic acids is 3. The molecule has 3 heterocycles. The van der Waals surface area contributed by atoms with Crippen LogP contribution in [0.4, 0.5) is 11.4 Å². The number of hydrogen-bond donors (Lipinski definition) is 3. The third-order valence-corrected chi connectivity index (χ3v) is 10.8. The van der Waals surface area contributed by atoms with Crippen LogP contribution >= 0.6 is 23.4 Å². The van der Waals surface area contributed by atoms with E-state index in [0.717, 1.165) is 5.56 Å². The molecule has 0 saturated carbocycles. The fourth-order valence-corrected chi connectivity index (χ4v) is 9.24. The standard InChI is InChI=1S/C32H32ClN3O5S/c1-2-41-21-14-12-20(13-15-21)34-29(38)26-25-16-17-32(42-25)27(26)31(40)36(24(18-37)19-8-4-3-5-9-19)28(32)30(39)35-23-11-7-6-10-22(23)33/h3-15,24-28,37H,2,16-18H2,1H3,(H,34,38)(H,35,39)/t24-,25-,26+,27+,28?,32?/m1/s1. The maximum Gasteiger partial charge on any atom is 0.248 e. The zero-order chi connectivity index (χ0) is 29.4. The van der Waals surface area contributed by atoms with Gasteiger partial charge in [0, 0.05) is 10.9 Å². The van der Waals surface area contributed by atoms with Crippen molar-refractivity contribution in [2.24, 2.45) is 11.8 Å². The van der Waals surface area contributed by atoms with Crippen molar-refractivity contribution < 1.29 is 24.2 Å². The number of fused-ring (bicyclic) bond motifs is 1. The largest absolute Gasteiger partial charge is 0.494 e. The monoisotopic (exact) mass is 605 g/mol. The molecule has 3 fully saturated rings. The van der Waals surface area contributed by atoms with Crippen molar-refractivity contribution in [2.45, 2.75) is 41.8 Å². The highest BCUT2D eigenvalue weighted by Crippen LogP contribution is 2.67. The molecule has 0 aliphatic carbocycles. The number of amides is 3. The predicted octanol–water partition coefficient (Wildman–Crippen LogP) is 5.14. The SMILES string of the molecule is CCOc1ccc(NC(=O)[C@@H]2[C@H]3C(=O)N([C@H](CO)c4ccccc4)C(C(=O)Nc4ccccc4Cl)C34CC[C@H]2S4)cc1. The van der Waals surface area contributed by atoms with Gasteiger partial charge in [0.1, 0.15) is 11.8 Å². The first-order valence-electron chi connectivity index (χ1n) is 14.1. The van der Waals surface area contributed by atoms with Gasteiger partial charge in [-0.05, 0) is 61.7 Å². The number of para-hydroxylation sites is 1. The van der Waals surface area contributed by atoms with Crippen LogP contribution in [0.1, 0.15) is 31.4 Å². The first-order valence-corrected chi connectivity index (χ1v) is 15.4. The van der Waals surface area contributed by atoms with E-state index in [0.29, 0.717) is 41.6 Å². The molecule has 3 aliphatic heterocycles. The van der Waals surface area contributed by atoms with Gasteiger partial charge in [-0.3, -0.25) is 14.4 Å². The van der Waals surface area contributed by atoms with E-state index >= 15 is 0 Å². The Labute approximate surface area is 253 Å². The van der Waals surface area contributed by atoms with Gasteiger partial charge in [-0.25, -0.2) is 0 Å². The van der Waals surface area contributed by atoms with Gasteiger partial charge >= 0.3 is 0 Å². The fourth-order valence-electron chi connectivity index (χ4n) is 6.85. The lowest BCUT2D eigenvalue weighted by Gasteiger charge is -2.37. The van der Waals surface area contributed by atoms with Gasteiger partial charge in [0.05, 0.1) is 46.5 Å². The number of nitrogens with zero attached hydrogens (tertiary/aromatic N) is 1. The van der Waals surface area contributed by atoms with Crippen molar-refractivity contribution >= 4 is 52.5 Å². The second kappa shape index (κ2) is 11.6. The smallest absolute Gasteiger partial charge is 0.248 e. The first-order chi connectivity index (χ1) is 20.4. The quantitative estimate of drug-likeness (QED) is 0.312. The third-order valence-electron chi connectivity index (χ3n) is 8.55. The molecule has 3 N–H and O–H groups in total. The van der Waals surface area contributed by atoms with Crippen LogP contribution in [0, 0.1) is 11.8 Å². The van der Waals surface area contributed by atoms with Gasteiger partial charge < -0.3 is 25.4 Å². The first kappa shape index (κ1) is 28.6. The summed E-state index contributed by atoms with van der Waals surface area (Å²) in [4.78, 5) is 44.0. The Morgan fingerprint density at radius 1 is 1.05 bits per heavy atom. The predicted molar refractivity (Wildman–Crippen MR) is 164 cm³/mol. The molecule has 3 amide bonds. The Kier molecular flexibility index (Phi) is 7.91. The normalized spacial score (nSPS) is 26.5. The lowest BCUT2D eigenvalue weighted by molar-refractivity contribution is -0.141. The number of aliphatic hydroxyl groups excluding tert-OH is 1. The summed E-state index contributed by atoms with van der Waals surface area (Å²) in [6, 6.07) is 21.6. The number of carbonyl (C=O) groups is 3. The zero-order valence-electron chi connectivity index (χ0n) is 23.0. The molecular formula is C32H32ClN3O5S. The summed E-state index contributed by atoms with van der Waals surface area (Å²) >= 11 is 7.95. The Balaban J connectivity index is 1.36. The van der Waals surface area contributed by atoms with Crippen molar-refractivity contribution in [1.82, 2.24) is 4.90 Å². The van der Waals surface area contributed by atoms with Gasteiger partial charge in [0.2, 0.25) is 17.7 Å². The molecule has 0 aromatic heterocycles. The lowest BCUT2D eigenvalue weighted by atomic mass is 9.70. The second-order valence-corrected chi connectivity index (χ2v) is 12.8. The van der Waals surface area contributed by atoms with E-state index < -0.39 is 28.7 Å². The minimum Gasteiger partial charge on any atom is -0.494 e. The number of hydrogen-bond acceptors (Lipinski definition) is 6. The number of rotatable bonds is 9. The van der Waals surface area contributed by atoms with E-state index in [1.165, 1.54) is 4.90 Å². The molecule has 2 bridgehead atoms. The maximum atomic E-state index is 14.5. The highest BCUT2D eigenvalue weighted by molar-refractivity contribution is 8.02.